The van der Waals surface area contributed by atoms with Gasteiger partial charge in [0.1, 0.15) is 12.2 Å². The largest absolute Gasteiger partial charge is 0.384 e. The first-order chi connectivity index (χ1) is 11.0. The molecule has 2 aromatic rings. The van der Waals surface area contributed by atoms with E-state index in [0.29, 0.717) is 21.8 Å². The van der Waals surface area contributed by atoms with Crippen molar-refractivity contribution in [1.82, 2.24) is 0 Å². The van der Waals surface area contributed by atoms with Crippen LogP contribution in [0.4, 0.5) is 5.69 Å². The Kier molecular flexibility index (Phi) is 5.31. The Morgan fingerprint density at radius 2 is 2.00 bits per heavy atom. The van der Waals surface area contributed by atoms with E-state index in [9.17, 15) is 5.11 Å². The number of amidine groups is 1. The van der Waals surface area contributed by atoms with Gasteiger partial charge in [0.05, 0.1) is 5.69 Å². The Labute approximate surface area is 138 Å². The molecule has 2 aromatic carbocycles. The van der Waals surface area contributed by atoms with E-state index in [2.05, 4.69) is 10.5 Å². The van der Waals surface area contributed by atoms with Crippen molar-refractivity contribution in [3.63, 3.8) is 0 Å². The predicted octanol–water partition coefficient (Wildman–Crippen LogP) is 2.65. The Morgan fingerprint density at radius 1 is 1.30 bits per heavy atom. The summed E-state index contributed by atoms with van der Waals surface area (Å²) in [6, 6.07) is 15.6. The van der Waals surface area contributed by atoms with Crippen molar-refractivity contribution in [2.75, 3.05) is 5.43 Å². The monoisotopic (exact) mass is 327 g/mol. The molecule has 0 amide bonds. The molecule has 23 heavy (non-hydrogen) atoms. The highest BCUT2D eigenvalue weighted by molar-refractivity contribution is 6.45. The van der Waals surface area contributed by atoms with E-state index < -0.39 is 11.9 Å². The van der Waals surface area contributed by atoms with Gasteiger partial charge < -0.3 is 10.8 Å². The van der Waals surface area contributed by atoms with Crippen LogP contribution >= 0.6 is 11.6 Å². The molecule has 116 valence electrons. The fourth-order valence-corrected chi connectivity index (χ4v) is 2.12. The lowest BCUT2D eigenvalue weighted by molar-refractivity contribution is 0.221. The average molecular weight is 328 g/mol. The number of nitriles is 1. The second kappa shape index (κ2) is 7.40. The van der Waals surface area contributed by atoms with Crippen LogP contribution in [-0.2, 0) is 0 Å². The van der Waals surface area contributed by atoms with Crippen LogP contribution < -0.4 is 11.2 Å². The number of halogens is 1. The molecule has 0 bridgehead atoms. The number of hydrazone groups is 1. The first-order valence-corrected chi connectivity index (χ1v) is 7.01. The van der Waals surface area contributed by atoms with Gasteiger partial charge in [-0.05, 0) is 23.8 Å². The summed E-state index contributed by atoms with van der Waals surface area (Å²) in [5.74, 6) is -0.445. The summed E-state index contributed by atoms with van der Waals surface area (Å²) in [6.45, 7) is 0. The molecule has 0 saturated carbocycles. The lowest BCUT2D eigenvalue weighted by atomic mass is 10.00. The Balaban J connectivity index is 2.39. The van der Waals surface area contributed by atoms with Crippen LogP contribution in [0.1, 0.15) is 17.2 Å². The van der Waals surface area contributed by atoms with Crippen molar-refractivity contribution >= 4 is 28.8 Å². The highest BCUT2D eigenvalue weighted by atomic mass is 35.5. The minimum Gasteiger partial charge on any atom is -0.384 e. The molecule has 6 nitrogen and oxygen atoms in total. The summed E-state index contributed by atoms with van der Waals surface area (Å²) in [5, 5.41) is 30.9. The van der Waals surface area contributed by atoms with Gasteiger partial charge in [-0.25, -0.2) is 0 Å². The maximum Gasteiger partial charge on any atom is 0.201 e. The molecule has 1 atom stereocenters. The number of hydrogen-bond acceptors (Lipinski definition) is 5. The number of nitrogens with two attached hydrogens (primary N) is 1. The molecule has 0 fully saturated rings. The third kappa shape index (κ3) is 4.07. The summed E-state index contributed by atoms with van der Waals surface area (Å²) in [6.07, 6.45) is -0.921. The molecule has 0 aliphatic carbocycles. The highest BCUT2D eigenvalue weighted by Crippen LogP contribution is 2.30. The number of rotatable bonds is 5. The second-order valence-corrected chi connectivity index (χ2v) is 5.08. The molecule has 0 radical (unpaired) electrons. The van der Waals surface area contributed by atoms with Crippen LogP contribution in [-0.4, -0.2) is 16.7 Å². The van der Waals surface area contributed by atoms with Gasteiger partial charge in [0.2, 0.25) is 5.71 Å². The lowest BCUT2D eigenvalue weighted by Gasteiger charge is -2.16. The smallest absolute Gasteiger partial charge is 0.201 e. The molecule has 0 aromatic heterocycles. The predicted molar refractivity (Wildman–Crippen MR) is 90.5 cm³/mol. The van der Waals surface area contributed by atoms with E-state index in [4.69, 9.17) is 28.0 Å². The first-order valence-electron chi connectivity index (χ1n) is 6.63. The van der Waals surface area contributed by atoms with Crippen LogP contribution in [0.2, 0.25) is 5.02 Å². The van der Waals surface area contributed by atoms with Crippen molar-refractivity contribution in [2.24, 2.45) is 10.8 Å². The van der Waals surface area contributed by atoms with Crippen molar-refractivity contribution in [2.45, 2.75) is 6.10 Å². The normalized spacial score (nSPS) is 12.3. The molecular weight excluding hydrogens is 314 g/mol. The van der Waals surface area contributed by atoms with Gasteiger partial charge in [-0.15, -0.1) is 0 Å². The van der Waals surface area contributed by atoms with Gasteiger partial charge in [0.15, 0.2) is 5.84 Å². The minimum absolute atomic E-state index is 0.250. The minimum atomic E-state index is -0.921. The van der Waals surface area contributed by atoms with Crippen molar-refractivity contribution in [1.29, 1.82) is 10.7 Å². The average Bonchev–Trinajstić information content (AvgIpc) is 2.56. The number of aliphatic hydroxyl groups excluding tert-OH is 1. The quantitative estimate of drug-likeness (QED) is 0.383. The van der Waals surface area contributed by atoms with E-state index in [-0.39, 0.29) is 5.71 Å². The zero-order valence-electron chi connectivity index (χ0n) is 12.0. The number of nitrogens with zero attached hydrogens (tertiary/aromatic N) is 2. The summed E-state index contributed by atoms with van der Waals surface area (Å²) in [5.41, 5.74) is 9.28. The molecule has 0 saturated heterocycles. The Hall–Kier alpha value is -2.88. The number of aliphatic hydroxyl groups is 1. The first kappa shape index (κ1) is 16.5. The van der Waals surface area contributed by atoms with Gasteiger partial charge in [-0.2, -0.15) is 10.4 Å². The third-order valence-electron chi connectivity index (χ3n) is 3.07. The molecule has 0 aliphatic heterocycles. The third-order valence-corrected chi connectivity index (χ3v) is 3.31. The van der Waals surface area contributed by atoms with E-state index in [0.717, 1.165) is 0 Å². The molecule has 0 aliphatic rings. The summed E-state index contributed by atoms with van der Waals surface area (Å²) >= 11 is 6.01. The van der Waals surface area contributed by atoms with E-state index in [1.54, 1.807) is 36.4 Å². The van der Waals surface area contributed by atoms with Crippen molar-refractivity contribution < 1.29 is 5.11 Å². The van der Waals surface area contributed by atoms with Crippen molar-refractivity contribution in [3.05, 3.63) is 64.7 Å². The molecule has 0 spiro atoms. The van der Waals surface area contributed by atoms with Crippen LogP contribution in [0.15, 0.2) is 53.6 Å². The van der Waals surface area contributed by atoms with Crippen LogP contribution in [0.5, 0.6) is 0 Å². The van der Waals surface area contributed by atoms with Gasteiger partial charge in [-0.1, -0.05) is 41.9 Å². The number of nitrogens with one attached hydrogen (secondary N) is 2. The van der Waals surface area contributed by atoms with Gasteiger partial charge >= 0.3 is 0 Å². The Bertz CT molecular complexity index is 783. The fourth-order valence-electron chi connectivity index (χ4n) is 1.94. The molecule has 2 rings (SSSR count). The maximum atomic E-state index is 10.5. The summed E-state index contributed by atoms with van der Waals surface area (Å²) < 4.78 is 0. The van der Waals surface area contributed by atoms with Crippen LogP contribution in [0.25, 0.3) is 0 Å². The van der Waals surface area contributed by atoms with Gasteiger partial charge in [0, 0.05) is 10.6 Å². The zero-order chi connectivity index (χ0) is 16.8. The molecule has 0 heterocycles. The zero-order valence-corrected chi connectivity index (χ0v) is 12.7. The number of benzene rings is 2. The summed E-state index contributed by atoms with van der Waals surface area (Å²) in [7, 11) is 0. The van der Waals surface area contributed by atoms with Gasteiger partial charge in [0.25, 0.3) is 0 Å². The molecular formula is C16H14ClN5O. The Morgan fingerprint density at radius 3 is 2.61 bits per heavy atom. The van der Waals surface area contributed by atoms with E-state index >= 15 is 0 Å². The topological polar surface area (TPSA) is 118 Å². The highest BCUT2D eigenvalue weighted by Gasteiger charge is 2.15. The van der Waals surface area contributed by atoms with E-state index in [1.807, 2.05) is 18.2 Å². The summed E-state index contributed by atoms with van der Waals surface area (Å²) in [4.78, 5) is 0. The molecule has 7 heteroatoms. The number of anilines is 1. The molecule has 5 N–H and O–H groups in total. The van der Waals surface area contributed by atoms with E-state index in [1.165, 1.54) is 0 Å². The standard InChI is InChI=1S/C16H14ClN5O/c17-11-6-7-13(21-22-14(9-18)16(19)20)12(8-11)15(23)10-4-2-1-3-5-10/h1-8,15,21,23H,(H3,19,20)/b22-14+. The fraction of sp³-hybridized carbons (Fsp3) is 0.0625. The lowest BCUT2D eigenvalue weighted by Crippen LogP contribution is -2.22. The SMILES string of the molecule is N#C/C(=N\Nc1ccc(Cl)cc1C(O)c1ccccc1)C(=N)N. The van der Waals surface area contributed by atoms with Crippen molar-refractivity contribution in [3.8, 4) is 6.07 Å². The second-order valence-electron chi connectivity index (χ2n) is 4.64. The molecule has 1 unspecified atom stereocenters. The maximum absolute atomic E-state index is 10.5. The van der Waals surface area contributed by atoms with Crippen LogP contribution in [0, 0.1) is 16.7 Å². The van der Waals surface area contributed by atoms with Gasteiger partial charge in [-0.3, -0.25) is 10.8 Å². The number of hydrogen-bond donors (Lipinski definition) is 4. The van der Waals surface area contributed by atoms with Crippen LogP contribution in [0.3, 0.4) is 0 Å².